The van der Waals surface area contributed by atoms with Crippen molar-refractivity contribution in [1.82, 2.24) is 4.98 Å². The molecule has 0 radical (unpaired) electrons. The number of benzene rings is 1. The summed E-state index contributed by atoms with van der Waals surface area (Å²) >= 11 is 6.08. The third kappa shape index (κ3) is 1.83. The van der Waals surface area contributed by atoms with Crippen LogP contribution in [0.25, 0.3) is 0 Å². The van der Waals surface area contributed by atoms with E-state index >= 15 is 0 Å². The first-order valence-corrected chi connectivity index (χ1v) is 6.36. The molecule has 2 nitrogen and oxygen atoms in total. The zero-order valence-electron chi connectivity index (χ0n) is 9.77. The van der Waals surface area contributed by atoms with E-state index in [1.165, 1.54) is 5.56 Å². The first-order chi connectivity index (χ1) is 8.79. The van der Waals surface area contributed by atoms with Crippen LogP contribution in [0.15, 0.2) is 36.5 Å². The number of pyridine rings is 1. The van der Waals surface area contributed by atoms with Crippen LogP contribution in [-0.4, -0.2) is 11.3 Å². The van der Waals surface area contributed by atoms with Gasteiger partial charge in [-0.3, -0.25) is 9.78 Å². The molecule has 0 fully saturated rings. The van der Waals surface area contributed by atoms with Crippen LogP contribution in [-0.2, 0) is 6.42 Å². The Morgan fingerprint density at radius 2 is 2.22 bits per heavy atom. The van der Waals surface area contributed by atoms with Gasteiger partial charge in [0.25, 0.3) is 0 Å². The first kappa shape index (κ1) is 11.4. The number of hydrogen-bond acceptors (Lipinski definition) is 2. The zero-order chi connectivity index (χ0) is 12.5. The van der Waals surface area contributed by atoms with Crippen molar-refractivity contribution < 1.29 is 4.79 Å². The van der Waals surface area contributed by atoms with Gasteiger partial charge in [-0.25, -0.2) is 0 Å². The molecule has 3 rings (SSSR count). The molecule has 0 saturated carbocycles. The molecule has 0 amide bonds. The lowest BCUT2D eigenvalue weighted by molar-refractivity contribution is 0.112. The summed E-state index contributed by atoms with van der Waals surface area (Å²) in [6.45, 7) is 0. The van der Waals surface area contributed by atoms with Gasteiger partial charge >= 0.3 is 0 Å². The zero-order valence-corrected chi connectivity index (χ0v) is 10.5. The number of hydrogen-bond donors (Lipinski definition) is 0. The van der Waals surface area contributed by atoms with Crippen molar-refractivity contribution in [2.45, 2.75) is 18.8 Å². The van der Waals surface area contributed by atoms with Gasteiger partial charge in [0, 0.05) is 17.7 Å². The highest BCUT2D eigenvalue weighted by atomic mass is 35.5. The van der Waals surface area contributed by atoms with Gasteiger partial charge in [0.2, 0.25) is 0 Å². The van der Waals surface area contributed by atoms with Crippen molar-refractivity contribution in [3.05, 3.63) is 63.9 Å². The first-order valence-electron chi connectivity index (χ1n) is 5.98. The Kier molecular flexibility index (Phi) is 2.88. The molecule has 18 heavy (non-hydrogen) atoms. The lowest BCUT2D eigenvalue weighted by Crippen LogP contribution is -1.99. The van der Waals surface area contributed by atoms with Crippen molar-refractivity contribution in [2.75, 3.05) is 0 Å². The lowest BCUT2D eigenvalue weighted by Gasteiger charge is -2.12. The Hall–Kier alpha value is -1.67. The van der Waals surface area contributed by atoms with Crippen molar-refractivity contribution in [2.24, 2.45) is 0 Å². The lowest BCUT2D eigenvalue weighted by atomic mass is 9.95. The van der Waals surface area contributed by atoms with Crippen LogP contribution in [0.1, 0.15) is 39.5 Å². The molecule has 1 aliphatic rings. The maximum absolute atomic E-state index is 10.8. The van der Waals surface area contributed by atoms with E-state index in [0.717, 1.165) is 30.4 Å². The fourth-order valence-corrected chi connectivity index (χ4v) is 2.83. The summed E-state index contributed by atoms with van der Waals surface area (Å²) in [5.74, 6) is 0.305. The molecule has 1 atom stereocenters. The van der Waals surface area contributed by atoms with Gasteiger partial charge in [-0.2, -0.15) is 0 Å². The predicted molar refractivity (Wildman–Crippen MR) is 71.2 cm³/mol. The Bertz CT molecular complexity index is 609. The van der Waals surface area contributed by atoms with Gasteiger partial charge in [0.1, 0.15) is 0 Å². The summed E-state index contributed by atoms with van der Waals surface area (Å²) < 4.78 is 0. The van der Waals surface area contributed by atoms with Gasteiger partial charge in [-0.1, -0.05) is 23.7 Å². The Morgan fingerprint density at radius 1 is 1.33 bits per heavy atom. The summed E-state index contributed by atoms with van der Waals surface area (Å²) in [7, 11) is 0. The number of carbonyl (C=O) groups excluding carboxylic acids is 1. The highest BCUT2D eigenvalue weighted by Crippen LogP contribution is 2.37. The molecule has 0 bridgehead atoms. The van der Waals surface area contributed by atoms with Gasteiger partial charge < -0.3 is 0 Å². The van der Waals surface area contributed by atoms with E-state index in [4.69, 9.17) is 11.6 Å². The predicted octanol–water partition coefficient (Wildman–Crippen LogP) is 3.63. The molecule has 1 aromatic carbocycles. The summed E-state index contributed by atoms with van der Waals surface area (Å²) in [5.41, 5.74) is 4.15. The number of aromatic nitrogens is 1. The van der Waals surface area contributed by atoms with E-state index < -0.39 is 0 Å². The number of rotatable bonds is 2. The summed E-state index contributed by atoms with van der Waals surface area (Å²) in [4.78, 5) is 15.2. The number of fused-ring (bicyclic) bond motifs is 1. The minimum atomic E-state index is 0.305. The smallest absolute Gasteiger partial charge is 0.151 e. The monoisotopic (exact) mass is 257 g/mol. The second-order valence-electron chi connectivity index (χ2n) is 4.54. The number of aryl methyl sites for hydroxylation is 1. The fraction of sp³-hybridized carbons (Fsp3) is 0.200. The van der Waals surface area contributed by atoms with E-state index in [0.29, 0.717) is 16.5 Å². The molecule has 1 heterocycles. The quantitative estimate of drug-likeness (QED) is 0.769. The molecule has 1 aromatic heterocycles. The van der Waals surface area contributed by atoms with E-state index in [2.05, 4.69) is 11.1 Å². The third-order valence-electron chi connectivity index (χ3n) is 3.51. The average molecular weight is 258 g/mol. The van der Waals surface area contributed by atoms with Crippen molar-refractivity contribution in [3.63, 3.8) is 0 Å². The van der Waals surface area contributed by atoms with Crippen molar-refractivity contribution in [3.8, 4) is 0 Å². The minimum Gasteiger partial charge on any atom is -0.298 e. The van der Waals surface area contributed by atoms with E-state index in [9.17, 15) is 4.79 Å². The molecule has 3 heteroatoms. The SMILES string of the molecule is O=Cc1ccc(C2CCc3cccnc32)cc1Cl. The molecular formula is C15H12ClNO. The molecule has 2 aromatic rings. The van der Waals surface area contributed by atoms with Crippen molar-refractivity contribution in [1.29, 1.82) is 0 Å². The van der Waals surface area contributed by atoms with Crippen LogP contribution >= 0.6 is 11.6 Å². The summed E-state index contributed by atoms with van der Waals surface area (Å²) in [6.07, 6.45) is 4.73. The van der Waals surface area contributed by atoms with Gasteiger partial charge in [-0.05, 0) is 42.2 Å². The molecular weight excluding hydrogens is 246 g/mol. The van der Waals surface area contributed by atoms with Gasteiger partial charge in [0.15, 0.2) is 6.29 Å². The summed E-state index contributed by atoms with van der Waals surface area (Å²) in [6, 6.07) is 9.75. The number of nitrogens with zero attached hydrogens (tertiary/aromatic N) is 1. The highest BCUT2D eigenvalue weighted by Gasteiger charge is 2.25. The second kappa shape index (κ2) is 4.54. The Labute approximate surface area is 111 Å². The number of carbonyl (C=O) groups is 1. The standard InChI is InChI=1S/C15H12ClNO/c16-14-8-11(3-4-12(14)9-18)13-6-5-10-2-1-7-17-15(10)13/h1-4,7-9,13H,5-6H2. The maximum Gasteiger partial charge on any atom is 0.151 e. The second-order valence-corrected chi connectivity index (χ2v) is 4.95. The third-order valence-corrected chi connectivity index (χ3v) is 3.84. The van der Waals surface area contributed by atoms with Crippen LogP contribution in [0, 0.1) is 0 Å². The van der Waals surface area contributed by atoms with Crippen molar-refractivity contribution >= 4 is 17.9 Å². The maximum atomic E-state index is 10.8. The Balaban J connectivity index is 2.02. The molecule has 90 valence electrons. The van der Waals surface area contributed by atoms with Crippen LogP contribution in [0.4, 0.5) is 0 Å². The minimum absolute atomic E-state index is 0.305. The average Bonchev–Trinajstić information content (AvgIpc) is 2.82. The van der Waals surface area contributed by atoms with Gasteiger partial charge in [-0.15, -0.1) is 0 Å². The normalized spacial score (nSPS) is 17.5. The molecule has 0 spiro atoms. The molecule has 0 saturated heterocycles. The molecule has 0 aliphatic heterocycles. The summed E-state index contributed by atoms with van der Waals surface area (Å²) in [5, 5.41) is 0.520. The van der Waals surface area contributed by atoms with Crippen LogP contribution < -0.4 is 0 Å². The van der Waals surface area contributed by atoms with E-state index in [1.54, 1.807) is 6.07 Å². The fourth-order valence-electron chi connectivity index (χ4n) is 2.59. The largest absolute Gasteiger partial charge is 0.298 e. The molecule has 1 unspecified atom stereocenters. The van der Waals surface area contributed by atoms with Gasteiger partial charge in [0.05, 0.1) is 10.7 Å². The van der Waals surface area contributed by atoms with Crippen LogP contribution in [0.3, 0.4) is 0 Å². The molecule has 0 N–H and O–H groups in total. The van der Waals surface area contributed by atoms with E-state index in [1.807, 2.05) is 24.4 Å². The number of halogens is 1. The van der Waals surface area contributed by atoms with Crippen LogP contribution in [0.5, 0.6) is 0 Å². The molecule has 1 aliphatic carbocycles. The van der Waals surface area contributed by atoms with E-state index in [-0.39, 0.29) is 0 Å². The number of aldehydes is 1. The topological polar surface area (TPSA) is 30.0 Å². The Morgan fingerprint density at radius 3 is 3.00 bits per heavy atom. The van der Waals surface area contributed by atoms with Crippen LogP contribution in [0.2, 0.25) is 5.02 Å². The highest BCUT2D eigenvalue weighted by molar-refractivity contribution is 6.33.